The Morgan fingerprint density at radius 3 is 2.64 bits per heavy atom. The SMILES string of the molecule is CCCCCC(NC(=S)S)C(=O)OC. The molecule has 0 spiro atoms. The minimum Gasteiger partial charge on any atom is -0.467 e. The Labute approximate surface area is 96.0 Å². The van der Waals surface area contributed by atoms with Gasteiger partial charge in [-0.1, -0.05) is 38.4 Å². The summed E-state index contributed by atoms with van der Waals surface area (Å²) in [6, 6.07) is -0.350. The van der Waals surface area contributed by atoms with Crippen molar-refractivity contribution >= 4 is 35.1 Å². The number of ether oxygens (including phenoxy) is 1. The van der Waals surface area contributed by atoms with Crippen LogP contribution in [0.25, 0.3) is 0 Å². The number of thiol groups is 1. The van der Waals surface area contributed by atoms with Gasteiger partial charge in [0.2, 0.25) is 0 Å². The molecule has 0 fully saturated rings. The molecule has 0 aromatic heterocycles. The third-order valence-corrected chi connectivity index (χ3v) is 2.13. The van der Waals surface area contributed by atoms with Crippen LogP contribution in [0.15, 0.2) is 0 Å². The molecular weight excluding hydrogens is 218 g/mol. The van der Waals surface area contributed by atoms with Crippen LogP contribution in [0.2, 0.25) is 0 Å². The Bertz CT molecular complexity index is 197. The second-order valence-electron chi connectivity index (χ2n) is 3.02. The van der Waals surface area contributed by atoms with Crippen molar-refractivity contribution in [1.82, 2.24) is 5.32 Å². The summed E-state index contributed by atoms with van der Waals surface area (Å²) in [5, 5.41) is 2.81. The summed E-state index contributed by atoms with van der Waals surface area (Å²) in [7, 11) is 1.37. The summed E-state index contributed by atoms with van der Waals surface area (Å²) >= 11 is 8.69. The molecule has 0 heterocycles. The number of carbonyl (C=O) groups is 1. The average molecular weight is 235 g/mol. The van der Waals surface area contributed by atoms with Crippen LogP contribution in [-0.2, 0) is 9.53 Å². The Morgan fingerprint density at radius 1 is 1.57 bits per heavy atom. The van der Waals surface area contributed by atoms with Crippen molar-refractivity contribution in [2.24, 2.45) is 0 Å². The van der Waals surface area contributed by atoms with Crippen molar-refractivity contribution in [1.29, 1.82) is 0 Å². The van der Waals surface area contributed by atoms with E-state index in [2.05, 4.69) is 29.6 Å². The van der Waals surface area contributed by atoms with Crippen LogP contribution in [-0.4, -0.2) is 23.4 Å². The third kappa shape index (κ3) is 6.21. The van der Waals surface area contributed by atoms with Gasteiger partial charge >= 0.3 is 5.97 Å². The van der Waals surface area contributed by atoms with Gasteiger partial charge in [-0.25, -0.2) is 4.79 Å². The van der Waals surface area contributed by atoms with E-state index in [1.54, 1.807) is 0 Å². The van der Waals surface area contributed by atoms with Crippen molar-refractivity contribution in [2.75, 3.05) is 7.11 Å². The van der Waals surface area contributed by atoms with Crippen LogP contribution in [0.3, 0.4) is 0 Å². The second-order valence-corrected chi connectivity index (χ2v) is 4.18. The standard InChI is InChI=1S/C9H17NO2S2/c1-3-4-5-6-7(8(11)12-2)10-9(13)14/h7H,3-6H2,1-2H3,(H2,10,13,14). The van der Waals surface area contributed by atoms with Crippen LogP contribution in [0.4, 0.5) is 0 Å². The van der Waals surface area contributed by atoms with Gasteiger partial charge in [-0.15, -0.1) is 12.6 Å². The molecule has 0 bridgehead atoms. The van der Waals surface area contributed by atoms with E-state index in [9.17, 15) is 4.79 Å². The number of carbonyl (C=O) groups excluding carboxylic acids is 1. The zero-order chi connectivity index (χ0) is 11.0. The van der Waals surface area contributed by atoms with Crippen molar-refractivity contribution in [2.45, 2.75) is 38.6 Å². The van der Waals surface area contributed by atoms with Crippen LogP contribution >= 0.6 is 24.8 Å². The fraction of sp³-hybridized carbons (Fsp3) is 0.778. The highest BCUT2D eigenvalue weighted by molar-refractivity contribution is 8.11. The van der Waals surface area contributed by atoms with Gasteiger partial charge < -0.3 is 10.1 Å². The molecule has 1 unspecified atom stereocenters. The zero-order valence-corrected chi connectivity index (χ0v) is 10.3. The van der Waals surface area contributed by atoms with Gasteiger partial charge in [0.1, 0.15) is 10.4 Å². The molecule has 0 rings (SSSR count). The van der Waals surface area contributed by atoms with Gasteiger partial charge in [0, 0.05) is 0 Å². The minimum absolute atomic E-state index is 0.280. The number of hydrogen-bond donors (Lipinski definition) is 2. The molecule has 5 heteroatoms. The second kappa shape index (κ2) is 8.05. The molecule has 0 radical (unpaired) electrons. The van der Waals surface area contributed by atoms with E-state index < -0.39 is 0 Å². The Hall–Kier alpha value is -0.290. The molecule has 0 aliphatic rings. The lowest BCUT2D eigenvalue weighted by Crippen LogP contribution is -2.38. The third-order valence-electron chi connectivity index (χ3n) is 1.88. The lowest BCUT2D eigenvalue weighted by Gasteiger charge is -2.15. The normalized spacial score (nSPS) is 11.9. The van der Waals surface area contributed by atoms with Crippen LogP contribution in [0, 0.1) is 0 Å². The first-order chi connectivity index (χ1) is 6.61. The number of thiocarbonyl (C=S) groups is 1. The van der Waals surface area contributed by atoms with Gasteiger partial charge in [0.15, 0.2) is 0 Å². The molecule has 1 N–H and O–H groups in total. The zero-order valence-electron chi connectivity index (χ0n) is 8.58. The fourth-order valence-electron chi connectivity index (χ4n) is 1.14. The first-order valence-corrected chi connectivity index (χ1v) is 5.54. The van der Waals surface area contributed by atoms with Crippen LogP contribution < -0.4 is 5.32 Å². The van der Waals surface area contributed by atoms with Crippen molar-refractivity contribution in [3.8, 4) is 0 Å². The first kappa shape index (κ1) is 13.7. The highest BCUT2D eigenvalue weighted by Crippen LogP contribution is 2.05. The molecule has 0 saturated carbocycles. The first-order valence-electron chi connectivity index (χ1n) is 4.69. The van der Waals surface area contributed by atoms with E-state index in [-0.39, 0.29) is 12.0 Å². The molecule has 0 saturated heterocycles. The van der Waals surface area contributed by atoms with Crippen molar-refractivity contribution in [3.63, 3.8) is 0 Å². The predicted molar refractivity (Wildman–Crippen MR) is 64.7 cm³/mol. The summed E-state index contributed by atoms with van der Waals surface area (Å²) in [5.74, 6) is -0.280. The smallest absolute Gasteiger partial charge is 0.328 e. The monoisotopic (exact) mass is 235 g/mol. The Morgan fingerprint density at radius 2 is 2.21 bits per heavy atom. The van der Waals surface area contributed by atoms with Crippen LogP contribution in [0.1, 0.15) is 32.6 Å². The van der Waals surface area contributed by atoms with Crippen molar-refractivity contribution in [3.05, 3.63) is 0 Å². The average Bonchev–Trinajstić information content (AvgIpc) is 2.15. The Balaban J connectivity index is 3.97. The van der Waals surface area contributed by atoms with Gasteiger partial charge in [0.05, 0.1) is 7.11 Å². The molecule has 3 nitrogen and oxygen atoms in total. The summed E-state index contributed by atoms with van der Waals surface area (Å²) in [5.41, 5.74) is 0. The molecule has 0 aliphatic heterocycles. The van der Waals surface area contributed by atoms with E-state index in [0.717, 1.165) is 25.7 Å². The molecule has 0 amide bonds. The number of hydrogen-bond acceptors (Lipinski definition) is 3. The van der Waals surface area contributed by atoms with E-state index in [1.165, 1.54) is 7.11 Å². The molecular formula is C9H17NO2S2. The van der Waals surface area contributed by atoms with Crippen molar-refractivity contribution < 1.29 is 9.53 Å². The molecule has 0 aromatic carbocycles. The Kier molecular flexibility index (Phi) is 7.89. The van der Waals surface area contributed by atoms with Gasteiger partial charge in [0.25, 0.3) is 0 Å². The van der Waals surface area contributed by atoms with E-state index in [4.69, 9.17) is 12.2 Å². The summed E-state index contributed by atoms with van der Waals surface area (Å²) in [4.78, 5) is 11.3. The van der Waals surface area contributed by atoms with E-state index in [0.29, 0.717) is 4.32 Å². The maximum absolute atomic E-state index is 11.3. The van der Waals surface area contributed by atoms with E-state index >= 15 is 0 Å². The number of methoxy groups -OCH3 is 1. The number of esters is 1. The summed E-state index contributed by atoms with van der Waals surface area (Å²) in [6.45, 7) is 2.11. The van der Waals surface area contributed by atoms with E-state index in [1.807, 2.05) is 0 Å². The predicted octanol–water partition coefficient (Wildman–Crippen LogP) is 1.91. The molecule has 82 valence electrons. The van der Waals surface area contributed by atoms with Gasteiger partial charge in [-0.2, -0.15) is 0 Å². The highest BCUT2D eigenvalue weighted by atomic mass is 32.1. The number of nitrogens with one attached hydrogen (secondary N) is 1. The number of rotatable bonds is 6. The molecule has 1 atom stereocenters. The minimum atomic E-state index is -0.350. The molecule has 0 aliphatic carbocycles. The number of unbranched alkanes of at least 4 members (excludes halogenated alkanes) is 2. The van der Waals surface area contributed by atoms with Gasteiger partial charge in [-0.3, -0.25) is 0 Å². The topological polar surface area (TPSA) is 38.3 Å². The molecule has 14 heavy (non-hydrogen) atoms. The highest BCUT2D eigenvalue weighted by Gasteiger charge is 2.18. The summed E-state index contributed by atoms with van der Waals surface area (Å²) < 4.78 is 4.98. The maximum atomic E-state index is 11.3. The largest absolute Gasteiger partial charge is 0.467 e. The lowest BCUT2D eigenvalue weighted by atomic mass is 10.1. The lowest BCUT2D eigenvalue weighted by molar-refractivity contribution is -0.142. The quantitative estimate of drug-likeness (QED) is 0.319. The van der Waals surface area contributed by atoms with Gasteiger partial charge in [-0.05, 0) is 6.42 Å². The summed E-state index contributed by atoms with van der Waals surface area (Å²) in [6.07, 6.45) is 3.95. The maximum Gasteiger partial charge on any atom is 0.328 e. The fourth-order valence-corrected chi connectivity index (χ4v) is 1.44. The molecule has 0 aromatic rings. The van der Waals surface area contributed by atoms with Crippen LogP contribution in [0.5, 0.6) is 0 Å².